The number of thiazole rings is 1. The number of anilines is 1. The Bertz CT molecular complexity index is 572. The van der Waals surface area contributed by atoms with Crippen LogP contribution in [0.5, 0.6) is 0 Å². The SMILES string of the molecule is CC(CNc1ncc(C(F)(F)F)cc1Cl)c1nccs1. The summed E-state index contributed by atoms with van der Waals surface area (Å²) in [5.41, 5.74) is -0.860. The normalized spacial score (nSPS) is 13.2. The van der Waals surface area contributed by atoms with Gasteiger partial charge in [-0.2, -0.15) is 13.2 Å². The molecule has 0 saturated heterocycles. The molecule has 2 heterocycles. The molecule has 0 aromatic carbocycles. The van der Waals surface area contributed by atoms with Crippen molar-refractivity contribution in [2.75, 3.05) is 11.9 Å². The van der Waals surface area contributed by atoms with Gasteiger partial charge in [0.1, 0.15) is 5.82 Å². The van der Waals surface area contributed by atoms with Crippen LogP contribution in [0.4, 0.5) is 19.0 Å². The molecular weight excluding hydrogens is 311 g/mol. The summed E-state index contributed by atoms with van der Waals surface area (Å²) in [6.45, 7) is 2.45. The molecule has 2 aromatic rings. The Morgan fingerprint density at radius 1 is 1.40 bits per heavy atom. The molecule has 0 amide bonds. The third-order valence-electron chi connectivity index (χ3n) is 2.62. The van der Waals surface area contributed by atoms with Crippen molar-refractivity contribution in [2.45, 2.75) is 19.0 Å². The molecule has 1 unspecified atom stereocenters. The molecule has 0 fully saturated rings. The minimum Gasteiger partial charge on any atom is -0.368 e. The molecule has 8 heteroatoms. The molecule has 108 valence electrons. The molecular formula is C12H11ClF3N3S. The fourth-order valence-electron chi connectivity index (χ4n) is 1.54. The predicted molar refractivity (Wildman–Crippen MR) is 73.3 cm³/mol. The lowest BCUT2D eigenvalue weighted by molar-refractivity contribution is -0.137. The Balaban J connectivity index is 2.04. The zero-order valence-electron chi connectivity index (χ0n) is 10.4. The highest BCUT2D eigenvalue weighted by Gasteiger charge is 2.31. The third-order valence-corrected chi connectivity index (χ3v) is 3.91. The van der Waals surface area contributed by atoms with Gasteiger partial charge in [0, 0.05) is 30.2 Å². The fraction of sp³-hybridized carbons (Fsp3) is 0.333. The van der Waals surface area contributed by atoms with Crippen LogP contribution in [0.25, 0.3) is 0 Å². The van der Waals surface area contributed by atoms with Crippen LogP contribution in [0.1, 0.15) is 23.4 Å². The molecule has 2 aromatic heterocycles. The van der Waals surface area contributed by atoms with E-state index >= 15 is 0 Å². The van der Waals surface area contributed by atoms with Crippen molar-refractivity contribution < 1.29 is 13.2 Å². The Morgan fingerprint density at radius 3 is 2.70 bits per heavy atom. The van der Waals surface area contributed by atoms with Crippen LogP contribution in [-0.4, -0.2) is 16.5 Å². The van der Waals surface area contributed by atoms with Gasteiger partial charge in [0.05, 0.1) is 15.6 Å². The van der Waals surface area contributed by atoms with Crippen LogP contribution in [0.3, 0.4) is 0 Å². The van der Waals surface area contributed by atoms with Crippen LogP contribution < -0.4 is 5.32 Å². The Morgan fingerprint density at radius 2 is 2.15 bits per heavy atom. The summed E-state index contributed by atoms with van der Waals surface area (Å²) in [6.07, 6.45) is -1.97. The lowest BCUT2D eigenvalue weighted by Gasteiger charge is -2.13. The first-order valence-corrected chi connectivity index (χ1v) is 6.99. The van der Waals surface area contributed by atoms with Crippen LogP contribution in [0.2, 0.25) is 5.02 Å². The van der Waals surface area contributed by atoms with Gasteiger partial charge in [-0.15, -0.1) is 11.3 Å². The highest BCUT2D eigenvalue weighted by Crippen LogP contribution is 2.32. The molecule has 3 nitrogen and oxygen atoms in total. The third kappa shape index (κ3) is 3.61. The highest BCUT2D eigenvalue weighted by atomic mass is 35.5. The zero-order valence-corrected chi connectivity index (χ0v) is 12.0. The van der Waals surface area contributed by atoms with E-state index < -0.39 is 11.7 Å². The standard InChI is InChI=1S/C12H11ClF3N3S/c1-7(11-17-2-3-20-11)5-18-10-9(13)4-8(6-19-10)12(14,15)16/h2-4,6-7H,5H2,1H3,(H,18,19). The van der Waals surface area contributed by atoms with Gasteiger partial charge in [-0.25, -0.2) is 9.97 Å². The maximum atomic E-state index is 12.5. The number of pyridine rings is 1. The second kappa shape index (κ2) is 5.97. The molecule has 0 aliphatic carbocycles. The summed E-state index contributed by atoms with van der Waals surface area (Å²) in [5.74, 6) is 0.359. The van der Waals surface area contributed by atoms with Crippen LogP contribution in [0, 0.1) is 0 Å². The summed E-state index contributed by atoms with van der Waals surface area (Å²) in [5, 5.41) is 5.70. The van der Waals surface area contributed by atoms with E-state index in [0.717, 1.165) is 17.3 Å². The molecule has 0 radical (unpaired) electrons. The first kappa shape index (κ1) is 15.1. The summed E-state index contributed by atoms with van der Waals surface area (Å²) >= 11 is 7.33. The number of alkyl halides is 3. The molecule has 0 spiro atoms. The number of halogens is 4. The average molecular weight is 322 g/mol. The monoisotopic (exact) mass is 321 g/mol. The van der Waals surface area contributed by atoms with Gasteiger partial charge in [-0.05, 0) is 6.07 Å². The maximum absolute atomic E-state index is 12.5. The van der Waals surface area contributed by atoms with E-state index in [1.807, 2.05) is 12.3 Å². The lowest BCUT2D eigenvalue weighted by Crippen LogP contribution is -2.12. The molecule has 20 heavy (non-hydrogen) atoms. The second-order valence-electron chi connectivity index (χ2n) is 4.20. The van der Waals surface area contributed by atoms with Crippen LogP contribution in [0.15, 0.2) is 23.8 Å². The van der Waals surface area contributed by atoms with Gasteiger partial charge in [-0.3, -0.25) is 0 Å². The minimum absolute atomic E-state index is 0.0498. The number of aromatic nitrogens is 2. The predicted octanol–water partition coefficient (Wildman–Crippen LogP) is 4.43. The molecule has 0 saturated carbocycles. The number of nitrogens with one attached hydrogen (secondary N) is 1. The van der Waals surface area contributed by atoms with Crippen molar-refractivity contribution in [2.24, 2.45) is 0 Å². The van der Waals surface area contributed by atoms with Crippen LogP contribution >= 0.6 is 22.9 Å². The largest absolute Gasteiger partial charge is 0.417 e. The molecule has 0 aliphatic rings. The van der Waals surface area contributed by atoms with Crippen LogP contribution in [-0.2, 0) is 6.18 Å². The molecule has 2 rings (SSSR count). The first-order valence-electron chi connectivity index (χ1n) is 5.74. The minimum atomic E-state index is -4.44. The smallest absolute Gasteiger partial charge is 0.368 e. The molecule has 0 aliphatic heterocycles. The van der Waals surface area contributed by atoms with Gasteiger partial charge in [0.25, 0.3) is 0 Å². The Labute approximate surface area is 122 Å². The quantitative estimate of drug-likeness (QED) is 0.905. The summed E-state index contributed by atoms with van der Waals surface area (Å²) < 4.78 is 37.4. The van der Waals surface area contributed by atoms with Gasteiger partial charge in [-0.1, -0.05) is 18.5 Å². The summed E-state index contributed by atoms with van der Waals surface area (Å²) in [7, 11) is 0. The number of nitrogens with zero attached hydrogens (tertiary/aromatic N) is 2. The van der Waals surface area contributed by atoms with Gasteiger partial charge in [0.15, 0.2) is 0 Å². The Kier molecular flexibility index (Phi) is 4.49. The molecule has 1 N–H and O–H groups in total. The van der Waals surface area contributed by atoms with Crippen molar-refractivity contribution in [3.8, 4) is 0 Å². The lowest BCUT2D eigenvalue weighted by atomic mass is 10.2. The molecule has 0 bridgehead atoms. The van der Waals surface area contributed by atoms with Gasteiger partial charge in [0.2, 0.25) is 0 Å². The van der Waals surface area contributed by atoms with E-state index in [4.69, 9.17) is 11.6 Å². The Hall–Kier alpha value is -1.34. The van der Waals surface area contributed by atoms with Gasteiger partial charge < -0.3 is 5.32 Å². The van der Waals surface area contributed by atoms with Crippen molar-refractivity contribution in [1.82, 2.24) is 9.97 Å². The average Bonchev–Trinajstić information content (AvgIpc) is 2.89. The molecule has 1 atom stereocenters. The number of hydrogen-bond acceptors (Lipinski definition) is 4. The maximum Gasteiger partial charge on any atom is 0.417 e. The summed E-state index contributed by atoms with van der Waals surface area (Å²) in [4.78, 5) is 7.89. The topological polar surface area (TPSA) is 37.8 Å². The fourth-order valence-corrected chi connectivity index (χ4v) is 2.47. The van der Waals surface area contributed by atoms with Gasteiger partial charge >= 0.3 is 6.18 Å². The van der Waals surface area contributed by atoms with Crippen molar-refractivity contribution >= 4 is 28.8 Å². The van der Waals surface area contributed by atoms with E-state index in [0.29, 0.717) is 6.54 Å². The van der Waals surface area contributed by atoms with E-state index in [1.165, 1.54) is 11.3 Å². The van der Waals surface area contributed by atoms with E-state index in [9.17, 15) is 13.2 Å². The first-order chi connectivity index (χ1) is 9.38. The van der Waals surface area contributed by atoms with Crippen molar-refractivity contribution in [3.05, 3.63) is 39.4 Å². The van der Waals surface area contributed by atoms with E-state index in [-0.39, 0.29) is 16.8 Å². The number of hydrogen-bond donors (Lipinski definition) is 1. The highest BCUT2D eigenvalue weighted by molar-refractivity contribution is 7.09. The summed E-state index contributed by atoms with van der Waals surface area (Å²) in [6, 6.07) is 0.866. The van der Waals surface area contributed by atoms with E-state index in [2.05, 4.69) is 15.3 Å². The second-order valence-corrected chi connectivity index (χ2v) is 5.54. The van der Waals surface area contributed by atoms with Crippen molar-refractivity contribution in [3.63, 3.8) is 0 Å². The van der Waals surface area contributed by atoms with Crippen molar-refractivity contribution in [1.29, 1.82) is 0 Å². The number of rotatable bonds is 4. The van der Waals surface area contributed by atoms with E-state index in [1.54, 1.807) is 6.20 Å². The zero-order chi connectivity index (χ0) is 14.8.